The van der Waals surface area contributed by atoms with Gasteiger partial charge in [0.25, 0.3) is 0 Å². The lowest BCUT2D eigenvalue weighted by atomic mass is 10.1. The number of esters is 1. The minimum atomic E-state index is -0.287. The summed E-state index contributed by atoms with van der Waals surface area (Å²) in [7, 11) is 2.99. The van der Waals surface area contributed by atoms with Crippen LogP contribution in [0.3, 0.4) is 0 Å². The number of aromatic nitrogens is 1. The summed E-state index contributed by atoms with van der Waals surface area (Å²) >= 11 is 0. The largest absolute Gasteiger partial charge is 0.497 e. The van der Waals surface area contributed by atoms with Gasteiger partial charge in [0.05, 0.1) is 31.9 Å². The number of benzene rings is 1. The Bertz CT molecular complexity index is 551. The molecule has 0 fully saturated rings. The first-order valence-corrected chi connectivity index (χ1v) is 5.23. The van der Waals surface area contributed by atoms with Gasteiger partial charge in [-0.3, -0.25) is 9.78 Å². The summed E-state index contributed by atoms with van der Waals surface area (Å²) in [5.41, 5.74) is 1.54. The molecule has 0 aliphatic heterocycles. The van der Waals surface area contributed by atoms with Crippen LogP contribution in [0.2, 0.25) is 0 Å². The van der Waals surface area contributed by atoms with Gasteiger partial charge in [-0.25, -0.2) is 0 Å². The Morgan fingerprint density at radius 2 is 2.06 bits per heavy atom. The van der Waals surface area contributed by atoms with Crippen molar-refractivity contribution < 1.29 is 14.3 Å². The highest BCUT2D eigenvalue weighted by Gasteiger charge is 2.05. The van der Waals surface area contributed by atoms with Crippen LogP contribution >= 0.6 is 0 Å². The van der Waals surface area contributed by atoms with Crippen LogP contribution < -0.4 is 4.74 Å². The average molecular weight is 231 g/mol. The Kier molecular flexibility index (Phi) is 3.23. The van der Waals surface area contributed by atoms with Crippen molar-refractivity contribution in [3.63, 3.8) is 0 Å². The minimum Gasteiger partial charge on any atom is -0.497 e. The molecule has 0 spiro atoms. The van der Waals surface area contributed by atoms with Crippen molar-refractivity contribution in [2.45, 2.75) is 6.42 Å². The standard InChI is InChI=1S/C13H13NO3/c1-16-11-5-6-12-9(7-11)3-4-10(14-12)8-13(15)17-2/h3-7H,8H2,1-2H3. The van der Waals surface area contributed by atoms with E-state index in [1.807, 2.05) is 30.3 Å². The number of methoxy groups -OCH3 is 2. The zero-order chi connectivity index (χ0) is 12.3. The van der Waals surface area contributed by atoms with Crippen molar-refractivity contribution in [3.05, 3.63) is 36.0 Å². The van der Waals surface area contributed by atoms with Gasteiger partial charge in [0.1, 0.15) is 5.75 Å². The van der Waals surface area contributed by atoms with Crippen LogP contribution in [0.5, 0.6) is 5.75 Å². The Labute approximate surface area is 99.2 Å². The van der Waals surface area contributed by atoms with Gasteiger partial charge in [-0.05, 0) is 24.3 Å². The molecule has 4 heteroatoms. The van der Waals surface area contributed by atoms with Crippen molar-refractivity contribution in [1.82, 2.24) is 4.98 Å². The van der Waals surface area contributed by atoms with E-state index in [0.717, 1.165) is 16.7 Å². The van der Waals surface area contributed by atoms with Gasteiger partial charge in [0.2, 0.25) is 0 Å². The Hall–Kier alpha value is -2.10. The number of ether oxygens (including phenoxy) is 2. The van der Waals surface area contributed by atoms with Crippen LogP contribution in [0, 0.1) is 0 Å². The van der Waals surface area contributed by atoms with Crippen molar-refractivity contribution >= 4 is 16.9 Å². The second-order valence-electron chi connectivity index (χ2n) is 3.61. The second kappa shape index (κ2) is 4.82. The molecular weight excluding hydrogens is 218 g/mol. The Morgan fingerprint density at radius 1 is 1.24 bits per heavy atom. The van der Waals surface area contributed by atoms with Gasteiger partial charge in [0, 0.05) is 5.39 Å². The predicted molar refractivity (Wildman–Crippen MR) is 64.0 cm³/mol. The topological polar surface area (TPSA) is 48.4 Å². The number of carbonyl (C=O) groups is 1. The van der Waals surface area contributed by atoms with Gasteiger partial charge in [-0.2, -0.15) is 0 Å². The van der Waals surface area contributed by atoms with Gasteiger partial charge in [-0.15, -0.1) is 0 Å². The molecule has 0 saturated carbocycles. The fraction of sp³-hybridized carbons (Fsp3) is 0.231. The quantitative estimate of drug-likeness (QED) is 0.758. The van der Waals surface area contributed by atoms with E-state index >= 15 is 0 Å². The van der Waals surface area contributed by atoms with E-state index in [1.165, 1.54) is 7.11 Å². The number of hydrogen-bond donors (Lipinski definition) is 0. The molecule has 0 radical (unpaired) electrons. The van der Waals surface area contributed by atoms with Gasteiger partial charge in [0.15, 0.2) is 0 Å². The van der Waals surface area contributed by atoms with E-state index in [1.54, 1.807) is 7.11 Å². The molecule has 1 heterocycles. The lowest BCUT2D eigenvalue weighted by molar-refractivity contribution is -0.139. The van der Waals surface area contributed by atoms with Crippen LogP contribution in [0.1, 0.15) is 5.69 Å². The third-order valence-electron chi connectivity index (χ3n) is 2.51. The molecule has 0 aliphatic carbocycles. The molecule has 1 aromatic heterocycles. The van der Waals surface area contributed by atoms with E-state index < -0.39 is 0 Å². The molecule has 17 heavy (non-hydrogen) atoms. The third-order valence-corrected chi connectivity index (χ3v) is 2.51. The predicted octanol–water partition coefficient (Wildman–Crippen LogP) is 1.96. The summed E-state index contributed by atoms with van der Waals surface area (Å²) in [6.45, 7) is 0. The van der Waals surface area contributed by atoms with Crippen molar-refractivity contribution in [2.24, 2.45) is 0 Å². The molecule has 0 amide bonds. The number of hydrogen-bond acceptors (Lipinski definition) is 4. The number of fused-ring (bicyclic) bond motifs is 1. The van der Waals surface area contributed by atoms with E-state index in [9.17, 15) is 4.79 Å². The summed E-state index contributed by atoms with van der Waals surface area (Å²) in [6.07, 6.45) is 0.193. The van der Waals surface area contributed by atoms with E-state index in [-0.39, 0.29) is 12.4 Å². The molecule has 4 nitrogen and oxygen atoms in total. The monoisotopic (exact) mass is 231 g/mol. The normalized spacial score (nSPS) is 10.2. The SMILES string of the molecule is COC(=O)Cc1ccc2cc(OC)ccc2n1. The van der Waals surface area contributed by atoms with E-state index in [2.05, 4.69) is 9.72 Å². The molecule has 0 atom stereocenters. The van der Waals surface area contributed by atoms with Gasteiger partial charge in [-0.1, -0.05) is 6.07 Å². The van der Waals surface area contributed by atoms with Crippen LogP contribution in [0.15, 0.2) is 30.3 Å². The highest BCUT2D eigenvalue weighted by Crippen LogP contribution is 2.19. The van der Waals surface area contributed by atoms with Gasteiger partial charge >= 0.3 is 5.97 Å². The van der Waals surface area contributed by atoms with E-state index in [0.29, 0.717) is 5.69 Å². The maximum atomic E-state index is 11.1. The number of pyridine rings is 1. The first-order chi connectivity index (χ1) is 8.22. The summed E-state index contributed by atoms with van der Waals surface area (Å²) in [6, 6.07) is 9.36. The number of nitrogens with zero attached hydrogens (tertiary/aromatic N) is 1. The highest BCUT2D eigenvalue weighted by atomic mass is 16.5. The Morgan fingerprint density at radius 3 is 2.76 bits per heavy atom. The third kappa shape index (κ3) is 2.53. The smallest absolute Gasteiger partial charge is 0.311 e. The zero-order valence-corrected chi connectivity index (χ0v) is 9.77. The fourth-order valence-electron chi connectivity index (χ4n) is 1.59. The Balaban J connectivity index is 2.34. The van der Waals surface area contributed by atoms with Crippen molar-refractivity contribution in [1.29, 1.82) is 0 Å². The molecule has 1 aromatic carbocycles. The molecule has 0 aliphatic rings. The number of rotatable bonds is 3. The molecular formula is C13H13NO3. The van der Waals surface area contributed by atoms with E-state index in [4.69, 9.17) is 4.74 Å². The van der Waals surface area contributed by atoms with Crippen LogP contribution in [0.4, 0.5) is 0 Å². The van der Waals surface area contributed by atoms with Crippen LogP contribution in [-0.4, -0.2) is 25.2 Å². The first-order valence-electron chi connectivity index (χ1n) is 5.23. The van der Waals surface area contributed by atoms with Crippen LogP contribution in [-0.2, 0) is 16.0 Å². The molecule has 2 aromatic rings. The molecule has 0 unspecified atom stereocenters. The van der Waals surface area contributed by atoms with Crippen molar-refractivity contribution in [2.75, 3.05) is 14.2 Å². The molecule has 88 valence electrons. The minimum absolute atomic E-state index is 0.193. The lowest BCUT2D eigenvalue weighted by Gasteiger charge is -2.04. The average Bonchev–Trinajstić information content (AvgIpc) is 2.38. The maximum absolute atomic E-state index is 11.1. The van der Waals surface area contributed by atoms with Crippen molar-refractivity contribution in [3.8, 4) is 5.75 Å². The molecule has 2 rings (SSSR count). The molecule has 0 bridgehead atoms. The molecule has 0 saturated heterocycles. The van der Waals surface area contributed by atoms with Crippen LogP contribution in [0.25, 0.3) is 10.9 Å². The first kappa shape index (κ1) is 11.4. The maximum Gasteiger partial charge on any atom is 0.311 e. The van der Waals surface area contributed by atoms with Gasteiger partial charge < -0.3 is 9.47 Å². The summed E-state index contributed by atoms with van der Waals surface area (Å²) in [5, 5.41) is 0.984. The second-order valence-corrected chi connectivity index (χ2v) is 3.61. The summed E-state index contributed by atoms with van der Waals surface area (Å²) in [4.78, 5) is 15.5. The summed E-state index contributed by atoms with van der Waals surface area (Å²) in [5.74, 6) is 0.505. The number of carbonyl (C=O) groups excluding carboxylic acids is 1. The highest BCUT2D eigenvalue weighted by molar-refractivity contribution is 5.81. The lowest BCUT2D eigenvalue weighted by Crippen LogP contribution is -2.05. The zero-order valence-electron chi connectivity index (χ0n) is 9.77. The fourth-order valence-corrected chi connectivity index (χ4v) is 1.59. The summed E-state index contributed by atoms with van der Waals surface area (Å²) < 4.78 is 9.74. The molecule has 0 N–H and O–H groups in total.